The highest BCUT2D eigenvalue weighted by Crippen LogP contribution is 2.01. The lowest BCUT2D eigenvalue weighted by molar-refractivity contribution is 0.180. The molecule has 0 amide bonds. The molecule has 1 heterocycles. The summed E-state index contributed by atoms with van der Waals surface area (Å²) in [7, 11) is 0. The monoisotopic (exact) mass is 209 g/mol. The minimum atomic E-state index is -0.236. The van der Waals surface area contributed by atoms with Crippen LogP contribution in [0.15, 0.2) is 23.1 Å². The first-order chi connectivity index (χ1) is 7.09. The van der Waals surface area contributed by atoms with Gasteiger partial charge in [0.1, 0.15) is 0 Å². The lowest BCUT2D eigenvalue weighted by Crippen LogP contribution is -2.18. The van der Waals surface area contributed by atoms with Crippen molar-refractivity contribution in [2.24, 2.45) is 0 Å². The predicted molar refractivity (Wildman–Crippen MR) is 61.0 cm³/mol. The molecule has 84 valence electrons. The normalized spacial score (nSPS) is 12.7. The quantitative estimate of drug-likeness (QED) is 0.750. The number of aryl methyl sites for hydroxylation is 2. The Hall–Kier alpha value is -1.09. The van der Waals surface area contributed by atoms with Crippen molar-refractivity contribution in [1.29, 1.82) is 0 Å². The van der Waals surface area contributed by atoms with Crippen LogP contribution in [0.2, 0.25) is 0 Å². The van der Waals surface area contributed by atoms with Crippen molar-refractivity contribution in [3.63, 3.8) is 0 Å². The van der Waals surface area contributed by atoms with Crippen LogP contribution < -0.4 is 5.56 Å². The van der Waals surface area contributed by atoms with Crippen molar-refractivity contribution < 1.29 is 5.11 Å². The number of aliphatic hydroxyl groups excluding tert-OH is 1. The van der Waals surface area contributed by atoms with Crippen LogP contribution in [0.3, 0.4) is 0 Å². The van der Waals surface area contributed by atoms with Gasteiger partial charge in [-0.1, -0.05) is 0 Å². The third kappa shape index (κ3) is 4.30. The maximum absolute atomic E-state index is 11.5. The third-order valence-corrected chi connectivity index (χ3v) is 2.42. The van der Waals surface area contributed by atoms with Crippen molar-refractivity contribution in [1.82, 2.24) is 4.57 Å². The van der Waals surface area contributed by atoms with Crippen LogP contribution >= 0.6 is 0 Å². The van der Waals surface area contributed by atoms with Gasteiger partial charge >= 0.3 is 0 Å². The van der Waals surface area contributed by atoms with Crippen molar-refractivity contribution in [3.05, 3.63) is 34.2 Å². The summed E-state index contributed by atoms with van der Waals surface area (Å²) in [5, 5.41) is 9.07. The molecule has 0 aliphatic rings. The van der Waals surface area contributed by atoms with Gasteiger partial charge in [-0.25, -0.2) is 0 Å². The Labute approximate surface area is 90.4 Å². The Morgan fingerprint density at radius 1 is 1.47 bits per heavy atom. The van der Waals surface area contributed by atoms with E-state index in [0.29, 0.717) is 0 Å². The molecule has 0 fully saturated rings. The van der Waals surface area contributed by atoms with Crippen LogP contribution in [-0.2, 0) is 6.54 Å². The van der Waals surface area contributed by atoms with E-state index in [-0.39, 0.29) is 11.7 Å². The molecule has 1 aromatic heterocycles. The summed E-state index contributed by atoms with van der Waals surface area (Å²) < 4.78 is 1.72. The molecule has 1 N–H and O–H groups in total. The van der Waals surface area contributed by atoms with E-state index in [9.17, 15) is 4.79 Å². The number of hydrogen-bond donors (Lipinski definition) is 1. The summed E-state index contributed by atoms with van der Waals surface area (Å²) in [6.07, 6.45) is 4.30. The highest BCUT2D eigenvalue weighted by atomic mass is 16.3. The zero-order valence-electron chi connectivity index (χ0n) is 9.44. The van der Waals surface area contributed by atoms with Crippen molar-refractivity contribution in [2.45, 2.75) is 45.8 Å². The van der Waals surface area contributed by atoms with E-state index in [2.05, 4.69) is 0 Å². The fourth-order valence-electron chi connectivity index (χ4n) is 1.51. The van der Waals surface area contributed by atoms with Gasteiger partial charge in [0, 0.05) is 18.8 Å². The molecule has 0 aliphatic carbocycles. The summed E-state index contributed by atoms with van der Waals surface area (Å²) in [4.78, 5) is 11.5. The van der Waals surface area contributed by atoms with Crippen LogP contribution in [0.4, 0.5) is 0 Å². The highest BCUT2D eigenvalue weighted by molar-refractivity contribution is 5.07. The van der Waals surface area contributed by atoms with Gasteiger partial charge in [0.2, 0.25) is 0 Å². The fraction of sp³-hybridized carbons (Fsp3) is 0.583. The summed E-state index contributed by atoms with van der Waals surface area (Å²) in [6, 6.07) is 3.59. The lowest BCUT2D eigenvalue weighted by Gasteiger charge is -2.06. The molecule has 1 unspecified atom stereocenters. The second-order valence-electron chi connectivity index (χ2n) is 4.08. The molecule has 3 heteroatoms. The molecule has 0 spiro atoms. The first kappa shape index (κ1) is 12.0. The summed E-state index contributed by atoms with van der Waals surface area (Å²) in [5.74, 6) is 0. The van der Waals surface area contributed by atoms with E-state index in [1.54, 1.807) is 17.6 Å². The van der Waals surface area contributed by atoms with Gasteiger partial charge in [0.25, 0.3) is 5.56 Å². The van der Waals surface area contributed by atoms with Gasteiger partial charge in [-0.05, 0) is 44.7 Å². The number of rotatable bonds is 5. The van der Waals surface area contributed by atoms with E-state index >= 15 is 0 Å². The molecule has 15 heavy (non-hydrogen) atoms. The Morgan fingerprint density at radius 2 is 2.20 bits per heavy atom. The van der Waals surface area contributed by atoms with Crippen LogP contribution in [-0.4, -0.2) is 15.8 Å². The largest absolute Gasteiger partial charge is 0.393 e. The molecule has 0 saturated heterocycles. The van der Waals surface area contributed by atoms with E-state index < -0.39 is 0 Å². The van der Waals surface area contributed by atoms with Crippen LogP contribution in [0.5, 0.6) is 0 Å². The summed E-state index contributed by atoms with van der Waals surface area (Å²) >= 11 is 0. The van der Waals surface area contributed by atoms with Crippen LogP contribution in [0.25, 0.3) is 0 Å². The van der Waals surface area contributed by atoms with Gasteiger partial charge in [-0.3, -0.25) is 4.79 Å². The van der Waals surface area contributed by atoms with Gasteiger partial charge < -0.3 is 9.67 Å². The van der Waals surface area contributed by atoms with E-state index in [1.165, 1.54) is 0 Å². The van der Waals surface area contributed by atoms with E-state index in [1.807, 2.05) is 19.2 Å². The Kier molecular flexibility index (Phi) is 4.56. The molecule has 1 aromatic rings. The number of pyridine rings is 1. The molecular formula is C12H19NO2. The van der Waals surface area contributed by atoms with Crippen LogP contribution in [0.1, 0.15) is 31.7 Å². The van der Waals surface area contributed by atoms with E-state index in [0.717, 1.165) is 31.4 Å². The average Bonchev–Trinajstić information content (AvgIpc) is 2.14. The predicted octanol–water partition coefficient (Wildman–Crippen LogP) is 1.71. The van der Waals surface area contributed by atoms with Gasteiger partial charge in [0.15, 0.2) is 0 Å². The average molecular weight is 209 g/mol. The molecule has 0 bridgehead atoms. The molecule has 3 nitrogen and oxygen atoms in total. The second-order valence-corrected chi connectivity index (χ2v) is 4.08. The molecule has 0 radical (unpaired) electrons. The highest BCUT2D eigenvalue weighted by Gasteiger charge is 1.98. The first-order valence-electron chi connectivity index (χ1n) is 5.45. The number of hydrogen-bond acceptors (Lipinski definition) is 2. The Bertz CT molecular complexity index is 355. The van der Waals surface area contributed by atoms with Crippen LogP contribution in [0, 0.1) is 6.92 Å². The minimum Gasteiger partial charge on any atom is -0.393 e. The first-order valence-corrected chi connectivity index (χ1v) is 5.45. The summed E-state index contributed by atoms with van der Waals surface area (Å²) in [6.45, 7) is 4.45. The fourth-order valence-corrected chi connectivity index (χ4v) is 1.51. The number of unbranched alkanes of at least 4 members (excludes halogenated alkanes) is 1. The zero-order valence-corrected chi connectivity index (χ0v) is 9.44. The third-order valence-electron chi connectivity index (χ3n) is 2.42. The number of aromatic nitrogens is 1. The molecule has 1 atom stereocenters. The molecular weight excluding hydrogens is 190 g/mol. The topological polar surface area (TPSA) is 42.2 Å². The lowest BCUT2D eigenvalue weighted by atomic mass is 10.2. The zero-order chi connectivity index (χ0) is 11.3. The standard InChI is InChI=1S/C12H19NO2/c1-10-6-8-13(12(15)9-10)7-4-3-5-11(2)14/h6,8-9,11,14H,3-5,7H2,1-2H3. The van der Waals surface area contributed by atoms with Crippen molar-refractivity contribution >= 4 is 0 Å². The smallest absolute Gasteiger partial charge is 0.250 e. The number of nitrogens with zero attached hydrogens (tertiary/aromatic N) is 1. The molecule has 0 aliphatic heterocycles. The Balaban J connectivity index is 2.41. The van der Waals surface area contributed by atoms with Gasteiger partial charge in [-0.2, -0.15) is 0 Å². The van der Waals surface area contributed by atoms with Gasteiger partial charge in [0.05, 0.1) is 6.10 Å². The minimum absolute atomic E-state index is 0.0621. The van der Waals surface area contributed by atoms with E-state index in [4.69, 9.17) is 5.11 Å². The Morgan fingerprint density at radius 3 is 2.80 bits per heavy atom. The molecule has 1 rings (SSSR count). The summed E-state index contributed by atoms with van der Waals surface area (Å²) in [5.41, 5.74) is 1.06. The maximum atomic E-state index is 11.5. The van der Waals surface area contributed by atoms with Gasteiger partial charge in [-0.15, -0.1) is 0 Å². The second kappa shape index (κ2) is 5.71. The van der Waals surface area contributed by atoms with Crippen molar-refractivity contribution in [3.8, 4) is 0 Å². The SMILES string of the molecule is Cc1ccn(CCCCC(C)O)c(=O)c1. The maximum Gasteiger partial charge on any atom is 0.250 e. The van der Waals surface area contributed by atoms with Crippen molar-refractivity contribution in [2.75, 3.05) is 0 Å². The molecule has 0 saturated carbocycles. The molecule has 0 aromatic carbocycles. The number of aliphatic hydroxyl groups is 1.